The predicted molar refractivity (Wildman–Crippen MR) is 130 cm³/mol. The summed E-state index contributed by atoms with van der Waals surface area (Å²) >= 11 is 0. The van der Waals surface area contributed by atoms with Gasteiger partial charge in [-0.3, -0.25) is 4.90 Å². The van der Waals surface area contributed by atoms with Crippen molar-refractivity contribution >= 4 is 10.0 Å². The zero-order valence-corrected chi connectivity index (χ0v) is 20.3. The molecule has 0 aliphatic carbocycles. The van der Waals surface area contributed by atoms with Crippen LogP contribution in [-0.2, 0) is 22.9 Å². The van der Waals surface area contributed by atoms with E-state index in [2.05, 4.69) is 61.2 Å². The van der Waals surface area contributed by atoms with Gasteiger partial charge in [0.15, 0.2) is 0 Å². The summed E-state index contributed by atoms with van der Waals surface area (Å²) in [5.41, 5.74) is 9.67. The molecule has 0 aromatic heterocycles. The van der Waals surface area contributed by atoms with Gasteiger partial charge in [0.1, 0.15) is 0 Å². The van der Waals surface area contributed by atoms with E-state index in [1.54, 1.807) is 4.31 Å². The zero-order valence-electron chi connectivity index (χ0n) is 19.5. The van der Waals surface area contributed by atoms with E-state index in [0.717, 1.165) is 45.2 Å². The van der Waals surface area contributed by atoms with Crippen LogP contribution < -0.4 is 0 Å². The summed E-state index contributed by atoms with van der Waals surface area (Å²) in [5, 5.41) is 0. The lowest BCUT2D eigenvalue weighted by Crippen LogP contribution is -2.42. The first-order valence-corrected chi connectivity index (χ1v) is 13.8. The second-order valence-corrected chi connectivity index (χ2v) is 11.7. The largest absolute Gasteiger partial charge is 0.292 e. The molecule has 170 valence electrons. The highest BCUT2D eigenvalue weighted by Crippen LogP contribution is 2.44. The normalized spacial score (nSPS) is 24.1. The van der Waals surface area contributed by atoms with Gasteiger partial charge in [0.25, 0.3) is 0 Å². The number of rotatable bonds is 4. The van der Waals surface area contributed by atoms with Gasteiger partial charge in [-0.05, 0) is 61.3 Å². The van der Waals surface area contributed by atoms with Crippen LogP contribution in [0.2, 0.25) is 0 Å². The molecular formula is C27H34N2O2S. The summed E-state index contributed by atoms with van der Waals surface area (Å²) in [6.07, 6.45) is 6.13. The van der Waals surface area contributed by atoms with Crippen LogP contribution in [-0.4, -0.2) is 43.5 Å². The number of benzene rings is 2. The quantitative estimate of drug-likeness (QED) is 0.619. The van der Waals surface area contributed by atoms with Crippen LogP contribution in [0.1, 0.15) is 66.1 Å². The molecular weight excluding hydrogens is 416 g/mol. The Labute approximate surface area is 193 Å². The van der Waals surface area contributed by atoms with Gasteiger partial charge in [-0.15, -0.1) is 0 Å². The Kier molecular flexibility index (Phi) is 5.77. The van der Waals surface area contributed by atoms with Gasteiger partial charge in [0.2, 0.25) is 10.0 Å². The van der Waals surface area contributed by atoms with E-state index in [9.17, 15) is 8.42 Å². The lowest BCUT2D eigenvalue weighted by atomic mass is 9.80. The van der Waals surface area contributed by atoms with E-state index in [1.165, 1.54) is 45.2 Å². The molecule has 5 rings (SSSR count). The molecule has 2 atom stereocenters. The molecule has 5 heteroatoms. The summed E-state index contributed by atoms with van der Waals surface area (Å²) in [6.45, 7) is 7.07. The lowest BCUT2D eigenvalue weighted by Gasteiger charge is -2.44. The van der Waals surface area contributed by atoms with Crippen molar-refractivity contribution in [3.05, 3.63) is 81.4 Å². The molecule has 32 heavy (non-hydrogen) atoms. The fourth-order valence-corrected chi connectivity index (χ4v) is 7.19. The minimum Gasteiger partial charge on any atom is -0.292 e. The maximum absolute atomic E-state index is 12.8. The predicted octanol–water partition coefficient (Wildman–Crippen LogP) is 4.95. The molecule has 3 heterocycles. The number of fused-ring (bicyclic) bond motifs is 4. The second-order valence-electron chi connectivity index (χ2n) is 9.75. The maximum atomic E-state index is 12.8. The Morgan fingerprint density at radius 2 is 1.75 bits per heavy atom. The van der Waals surface area contributed by atoms with Crippen LogP contribution in [0.4, 0.5) is 0 Å². The van der Waals surface area contributed by atoms with Crippen molar-refractivity contribution in [2.75, 3.05) is 25.9 Å². The van der Waals surface area contributed by atoms with E-state index in [0.29, 0.717) is 12.6 Å². The van der Waals surface area contributed by atoms with Crippen molar-refractivity contribution < 1.29 is 8.42 Å². The van der Waals surface area contributed by atoms with Crippen molar-refractivity contribution in [3.63, 3.8) is 0 Å². The van der Waals surface area contributed by atoms with Gasteiger partial charge in [-0.1, -0.05) is 66.1 Å². The van der Waals surface area contributed by atoms with Crippen molar-refractivity contribution in [1.82, 2.24) is 9.21 Å². The summed E-state index contributed by atoms with van der Waals surface area (Å²) < 4.78 is 27.3. The highest BCUT2D eigenvalue weighted by molar-refractivity contribution is 7.88. The minimum atomic E-state index is -3.27. The highest BCUT2D eigenvalue weighted by Gasteiger charge is 2.37. The van der Waals surface area contributed by atoms with E-state index in [4.69, 9.17) is 0 Å². The van der Waals surface area contributed by atoms with E-state index in [1.807, 2.05) is 0 Å². The molecule has 3 aliphatic heterocycles. The Hall–Kier alpha value is -1.95. The van der Waals surface area contributed by atoms with Crippen LogP contribution in [0.3, 0.4) is 0 Å². The first-order chi connectivity index (χ1) is 15.3. The molecule has 2 unspecified atom stereocenters. The van der Waals surface area contributed by atoms with Gasteiger partial charge in [0, 0.05) is 25.7 Å². The Morgan fingerprint density at radius 1 is 0.969 bits per heavy atom. The number of hydrogen-bond acceptors (Lipinski definition) is 3. The van der Waals surface area contributed by atoms with E-state index in [-0.39, 0.29) is 6.04 Å². The monoisotopic (exact) mass is 450 g/mol. The first kappa shape index (κ1) is 21.9. The minimum absolute atomic E-state index is 0.101. The van der Waals surface area contributed by atoms with Crippen molar-refractivity contribution in [2.24, 2.45) is 0 Å². The topological polar surface area (TPSA) is 40.6 Å². The van der Waals surface area contributed by atoms with Gasteiger partial charge in [0.05, 0.1) is 12.3 Å². The smallest absolute Gasteiger partial charge is 0.211 e. The summed E-state index contributed by atoms with van der Waals surface area (Å²) in [5.74, 6) is 0. The Bertz CT molecular complexity index is 1170. The van der Waals surface area contributed by atoms with Crippen molar-refractivity contribution in [1.29, 1.82) is 0 Å². The Morgan fingerprint density at radius 3 is 2.53 bits per heavy atom. The van der Waals surface area contributed by atoms with Crippen LogP contribution in [0, 0.1) is 6.92 Å². The van der Waals surface area contributed by atoms with Crippen LogP contribution in [0.15, 0.2) is 53.6 Å². The van der Waals surface area contributed by atoms with Gasteiger partial charge >= 0.3 is 0 Å². The fourth-order valence-electron chi connectivity index (χ4n) is 6.12. The molecule has 0 radical (unpaired) electrons. The average molecular weight is 451 g/mol. The number of aryl methyl sites for hydroxylation is 1. The summed E-state index contributed by atoms with van der Waals surface area (Å²) in [6, 6.07) is 15.7. The molecule has 0 spiro atoms. The fraction of sp³-hybridized carbons (Fsp3) is 0.481. The third-order valence-electron chi connectivity index (χ3n) is 7.76. The molecule has 0 bridgehead atoms. The van der Waals surface area contributed by atoms with Crippen LogP contribution in [0.5, 0.6) is 0 Å². The van der Waals surface area contributed by atoms with E-state index >= 15 is 0 Å². The molecule has 0 fully saturated rings. The molecule has 2 aromatic rings. The maximum Gasteiger partial charge on any atom is 0.211 e. The molecule has 3 aliphatic rings. The highest BCUT2D eigenvalue weighted by atomic mass is 32.2. The van der Waals surface area contributed by atoms with E-state index < -0.39 is 10.0 Å². The van der Waals surface area contributed by atoms with Gasteiger partial charge < -0.3 is 0 Å². The third kappa shape index (κ3) is 3.95. The van der Waals surface area contributed by atoms with Crippen molar-refractivity contribution in [2.45, 2.75) is 58.0 Å². The average Bonchev–Trinajstić information content (AvgIpc) is 2.77. The Balaban J connectivity index is 1.53. The molecule has 0 saturated heterocycles. The molecule has 0 saturated carbocycles. The van der Waals surface area contributed by atoms with Gasteiger partial charge in [-0.2, -0.15) is 4.31 Å². The lowest BCUT2D eigenvalue weighted by molar-refractivity contribution is 0.179. The molecule has 2 aromatic carbocycles. The standard InChI is InChI=1S/C27H34N2O2S/c1-4-20-18-28-13-11-21-7-5-6-8-24(21)26(28)16-23(20)17-27-25-10-9-19(2)15-22(25)12-14-29(27)32(3,30)31/h5-10,15,26-27H,4,11-14,16-18H2,1-3H3. The number of nitrogens with zero attached hydrogens (tertiary/aromatic N) is 2. The molecule has 0 N–H and O–H groups in total. The van der Waals surface area contributed by atoms with Crippen LogP contribution in [0.25, 0.3) is 0 Å². The first-order valence-electron chi connectivity index (χ1n) is 11.9. The third-order valence-corrected chi connectivity index (χ3v) is 9.05. The van der Waals surface area contributed by atoms with Crippen LogP contribution >= 0.6 is 0 Å². The number of sulfonamides is 1. The molecule has 0 amide bonds. The second kappa shape index (κ2) is 8.44. The summed E-state index contributed by atoms with van der Waals surface area (Å²) in [7, 11) is -3.27. The zero-order chi connectivity index (χ0) is 22.5. The SMILES string of the molecule is CCC1=C(CC2c3ccc(C)cc3CCN2S(C)(=O)=O)CC2c3ccccc3CCN2C1. The van der Waals surface area contributed by atoms with Gasteiger partial charge in [-0.25, -0.2) is 8.42 Å². The molecule has 4 nitrogen and oxygen atoms in total. The number of hydrogen-bond donors (Lipinski definition) is 0. The summed E-state index contributed by atoms with van der Waals surface area (Å²) in [4.78, 5) is 2.64. The van der Waals surface area contributed by atoms with Crippen molar-refractivity contribution in [3.8, 4) is 0 Å².